The summed E-state index contributed by atoms with van der Waals surface area (Å²) >= 11 is 0. The monoisotopic (exact) mass is 841 g/mol. The van der Waals surface area contributed by atoms with E-state index in [0.29, 0.717) is 52.5 Å². The first kappa shape index (κ1) is 44.3. The van der Waals surface area contributed by atoms with Crippen LogP contribution in [0.2, 0.25) is 0 Å². The number of aliphatic hydroxyl groups is 2. The van der Waals surface area contributed by atoms with Crippen LogP contribution in [0.3, 0.4) is 0 Å². The molecule has 11 heteroatoms. The van der Waals surface area contributed by atoms with Gasteiger partial charge < -0.3 is 34.2 Å². The number of allylic oxidation sites excluding steroid dienone is 1. The molecular formula is C51H56FN3O7. The molecule has 0 spiro atoms. The molecule has 1 heterocycles. The number of hydrogen-bond donors (Lipinski definition) is 2. The highest BCUT2D eigenvalue weighted by Crippen LogP contribution is 2.62. The number of rotatable bonds is 18. The smallest absolute Gasteiger partial charge is 0.254 e. The van der Waals surface area contributed by atoms with Crippen LogP contribution in [0.5, 0.6) is 17.2 Å². The topological polar surface area (TPSA) is 134 Å². The second-order valence-electron chi connectivity index (χ2n) is 16.6. The van der Waals surface area contributed by atoms with Crippen molar-refractivity contribution < 1.29 is 38.4 Å². The van der Waals surface area contributed by atoms with Crippen molar-refractivity contribution in [1.82, 2.24) is 4.90 Å². The third kappa shape index (κ3) is 9.19. The predicted octanol–water partition coefficient (Wildman–Crippen LogP) is 9.71. The van der Waals surface area contributed by atoms with Gasteiger partial charge in [0.1, 0.15) is 36.2 Å². The molecule has 3 aliphatic rings. The number of carbonyl (C=O) groups excluding carboxylic acids is 1. The number of aryl methyl sites for hydroxylation is 2. The number of nitrogens with zero attached hydrogens (tertiary/aromatic N) is 3. The standard InChI is InChI=1S/C51H56FN3O7/c1-5-26-60-51-47(55(32-36-15-19-39(52)20-16-36)50(58)37-17-13-35(31-53)14-18-37)30-45(54-59-4)43-28-38(10-6-8-24-56)42(11-7-9-25-57)48(49(43)51)44-29-41(22-23-46(44)62-51)61-40-21-12-33(2)34(3)27-40/h5,12-23,27-29,38,42,47-49,56-57H,1,6-11,24-26,30,32H2,2-4H3. The number of benzene rings is 4. The van der Waals surface area contributed by atoms with E-state index in [9.17, 15) is 19.9 Å². The van der Waals surface area contributed by atoms with Crippen LogP contribution < -0.4 is 9.47 Å². The lowest BCUT2D eigenvalue weighted by Crippen LogP contribution is -2.70. The molecule has 0 saturated heterocycles. The van der Waals surface area contributed by atoms with Crippen molar-refractivity contribution in [3.05, 3.63) is 148 Å². The van der Waals surface area contributed by atoms with E-state index in [0.717, 1.165) is 47.9 Å². The number of amides is 1. The molecular weight excluding hydrogens is 786 g/mol. The van der Waals surface area contributed by atoms with Gasteiger partial charge in [0.2, 0.25) is 5.79 Å². The average molecular weight is 842 g/mol. The van der Waals surface area contributed by atoms with Gasteiger partial charge in [-0.1, -0.05) is 48.3 Å². The van der Waals surface area contributed by atoms with Crippen LogP contribution in [0.15, 0.2) is 114 Å². The summed E-state index contributed by atoms with van der Waals surface area (Å²) in [5.74, 6) is -1.01. The molecule has 0 radical (unpaired) electrons. The molecule has 4 aromatic rings. The van der Waals surface area contributed by atoms with Crippen LogP contribution in [0, 0.1) is 48.7 Å². The Morgan fingerprint density at radius 1 is 0.968 bits per heavy atom. The quantitative estimate of drug-likeness (QED) is 0.0575. The summed E-state index contributed by atoms with van der Waals surface area (Å²) in [7, 11) is 1.51. The summed E-state index contributed by atoms with van der Waals surface area (Å²) in [6.07, 6.45) is 8.61. The maximum atomic E-state index is 15.2. The molecule has 1 aliphatic heterocycles. The largest absolute Gasteiger partial charge is 0.459 e. The Morgan fingerprint density at radius 3 is 2.35 bits per heavy atom. The van der Waals surface area contributed by atoms with Gasteiger partial charge in [-0.15, -0.1) is 6.58 Å². The fraction of sp³-hybridized carbons (Fsp3) is 0.392. The highest BCUT2D eigenvalue weighted by molar-refractivity contribution is 6.03. The Morgan fingerprint density at radius 2 is 1.68 bits per heavy atom. The molecule has 6 unspecified atom stereocenters. The van der Waals surface area contributed by atoms with Crippen LogP contribution in [0.4, 0.5) is 4.39 Å². The van der Waals surface area contributed by atoms with Crippen molar-refractivity contribution in [3.8, 4) is 23.3 Å². The number of ether oxygens (including phenoxy) is 3. The van der Waals surface area contributed by atoms with Gasteiger partial charge in [-0.05, 0) is 140 Å². The zero-order valence-corrected chi connectivity index (χ0v) is 35.8. The zero-order valence-electron chi connectivity index (χ0n) is 35.8. The van der Waals surface area contributed by atoms with E-state index in [4.69, 9.17) is 19.0 Å². The summed E-state index contributed by atoms with van der Waals surface area (Å²) in [6.45, 7) is 8.47. The summed E-state index contributed by atoms with van der Waals surface area (Å²) in [5, 5.41) is 34.1. The molecule has 7 rings (SSSR count). The van der Waals surface area contributed by atoms with Gasteiger partial charge in [-0.2, -0.15) is 5.26 Å². The van der Waals surface area contributed by atoms with Crippen LogP contribution >= 0.6 is 0 Å². The van der Waals surface area contributed by atoms with Gasteiger partial charge in [0, 0.05) is 43.2 Å². The Bertz CT molecular complexity index is 2320. The van der Waals surface area contributed by atoms with Crippen LogP contribution in [0.25, 0.3) is 0 Å². The van der Waals surface area contributed by atoms with E-state index < -0.39 is 23.6 Å². The van der Waals surface area contributed by atoms with Gasteiger partial charge >= 0.3 is 0 Å². The number of nitriles is 1. The number of halogens is 1. The molecule has 1 fully saturated rings. The SMILES string of the molecule is C=CCOC12Oc3ccc(Oc4ccc(C)c(C)c4)cc3C3C(CCCCO)C(CCCCO)C=C(C(=NOC)CC1N(Cc1ccc(F)cc1)C(=O)c1ccc(C#N)cc1)C32. The molecule has 6 atom stereocenters. The van der Waals surface area contributed by atoms with Gasteiger partial charge in [-0.25, -0.2) is 4.39 Å². The first-order chi connectivity index (χ1) is 30.1. The Balaban J connectivity index is 1.46. The van der Waals surface area contributed by atoms with E-state index in [1.54, 1.807) is 47.4 Å². The third-order valence-corrected chi connectivity index (χ3v) is 12.7. The van der Waals surface area contributed by atoms with Crippen LogP contribution in [0.1, 0.15) is 89.0 Å². The molecule has 324 valence electrons. The molecule has 0 bridgehead atoms. The third-order valence-electron chi connectivity index (χ3n) is 12.7. The van der Waals surface area contributed by atoms with E-state index in [1.165, 1.54) is 19.2 Å². The van der Waals surface area contributed by atoms with E-state index in [1.807, 2.05) is 30.3 Å². The highest BCUT2D eigenvalue weighted by Gasteiger charge is 2.65. The van der Waals surface area contributed by atoms with Crippen molar-refractivity contribution >= 4 is 11.6 Å². The van der Waals surface area contributed by atoms with Gasteiger partial charge in [0.15, 0.2) is 0 Å². The number of aliphatic hydroxyl groups excluding tert-OH is 2. The summed E-state index contributed by atoms with van der Waals surface area (Å²) in [4.78, 5) is 22.5. The van der Waals surface area contributed by atoms with Crippen molar-refractivity contribution in [2.24, 2.45) is 22.9 Å². The molecule has 4 aromatic carbocycles. The van der Waals surface area contributed by atoms with Crippen LogP contribution in [-0.4, -0.2) is 65.5 Å². The van der Waals surface area contributed by atoms with Crippen molar-refractivity contribution in [1.29, 1.82) is 5.26 Å². The Kier molecular flexibility index (Phi) is 14.2. The fourth-order valence-electron chi connectivity index (χ4n) is 9.70. The summed E-state index contributed by atoms with van der Waals surface area (Å²) in [6, 6.07) is 25.8. The van der Waals surface area contributed by atoms with Crippen LogP contribution in [-0.2, 0) is 16.1 Å². The lowest BCUT2D eigenvalue weighted by atomic mass is 9.55. The Hall–Kier alpha value is -5.80. The predicted molar refractivity (Wildman–Crippen MR) is 235 cm³/mol. The maximum Gasteiger partial charge on any atom is 0.254 e. The number of oxime groups is 1. The molecule has 1 amide bonds. The van der Waals surface area contributed by atoms with Crippen molar-refractivity contribution in [2.45, 2.75) is 83.1 Å². The van der Waals surface area contributed by atoms with Crippen molar-refractivity contribution in [3.63, 3.8) is 0 Å². The second kappa shape index (κ2) is 19.9. The minimum Gasteiger partial charge on any atom is -0.459 e. The minimum absolute atomic E-state index is 0.0162. The van der Waals surface area contributed by atoms with Gasteiger partial charge in [0.05, 0.1) is 29.9 Å². The first-order valence-corrected chi connectivity index (χ1v) is 21.6. The number of unbranched alkanes of at least 4 members (excludes halogenated alkanes) is 2. The molecule has 62 heavy (non-hydrogen) atoms. The average Bonchev–Trinajstić information content (AvgIpc) is 3.28. The van der Waals surface area contributed by atoms with Gasteiger partial charge in [0.25, 0.3) is 5.91 Å². The number of carbonyl (C=O) groups is 1. The number of fused-ring (bicyclic) bond motifs is 2. The molecule has 2 aliphatic carbocycles. The number of hydrogen-bond acceptors (Lipinski definition) is 9. The van der Waals surface area contributed by atoms with E-state index in [-0.39, 0.29) is 56.4 Å². The summed E-state index contributed by atoms with van der Waals surface area (Å²) in [5.41, 5.74) is 6.23. The fourth-order valence-corrected chi connectivity index (χ4v) is 9.70. The molecule has 2 N–H and O–H groups in total. The minimum atomic E-state index is -1.51. The lowest BCUT2D eigenvalue weighted by Gasteiger charge is -2.60. The van der Waals surface area contributed by atoms with E-state index in [2.05, 4.69) is 43.8 Å². The molecule has 0 aromatic heterocycles. The maximum absolute atomic E-state index is 15.2. The summed E-state index contributed by atoms with van der Waals surface area (Å²) < 4.78 is 35.4. The zero-order chi connectivity index (χ0) is 43.8. The highest BCUT2D eigenvalue weighted by atomic mass is 19.1. The first-order valence-electron chi connectivity index (χ1n) is 21.6. The molecule has 10 nitrogen and oxygen atoms in total. The lowest BCUT2D eigenvalue weighted by molar-refractivity contribution is -0.255. The van der Waals surface area contributed by atoms with Crippen molar-refractivity contribution in [2.75, 3.05) is 26.9 Å². The second-order valence-corrected chi connectivity index (χ2v) is 16.6. The molecule has 1 saturated carbocycles. The Labute approximate surface area is 363 Å². The normalized spacial score (nSPS) is 23.0. The van der Waals surface area contributed by atoms with E-state index >= 15 is 4.79 Å². The van der Waals surface area contributed by atoms with Gasteiger partial charge in [-0.3, -0.25) is 4.79 Å².